The maximum absolute atomic E-state index is 5.38. The molecule has 3 rings (SSSR count). The van der Waals surface area contributed by atoms with Crippen molar-refractivity contribution in [1.82, 2.24) is 10.7 Å². The van der Waals surface area contributed by atoms with Crippen molar-refractivity contribution in [3.8, 4) is 11.5 Å². The number of nitrogens with one attached hydrogen (secondary N) is 2. The van der Waals surface area contributed by atoms with E-state index in [1.807, 2.05) is 18.2 Å². The fourth-order valence-corrected chi connectivity index (χ4v) is 2.93. The van der Waals surface area contributed by atoms with Crippen LogP contribution in [0.5, 0.6) is 11.5 Å². The smallest absolute Gasteiger partial charge is 0.231 e. The van der Waals surface area contributed by atoms with Crippen LogP contribution in [-0.2, 0) is 6.54 Å². The van der Waals surface area contributed by atoms with E-state index in [-0.39, 0.29) is 6.79 Å². The molecule has 0 bridgehead atoms. The number of nitrogens with zero attached hydrogens (tertiary/aromatic N) is 1. The van der Waals surface area contributed by atoms with Gasteiger partial charge in [-0.25, -0.2) is 0 Å². The van der Waals surface area contributed by atoms with Crippen molar-refractivity contribution in [2.75, 3.05) is 6.79 Å². The topological polar surface area (TPSA) is 54.9 Å². The summed E-state index contributed by atoms with van der Waals surface area (Å²) in [7, 11) is 0. The van der Waals surface area contributed by atoms with Gasteiger partial charge in [0.05, 0.1) is 5.71 Å². The number of rotatable bonds is 4. The van der Waals surface area contributed by atoms with Crippen LogP contribution in [-0.4, -0.2) is 17.6 Å². The zero-order valence-corrected chi connectivity index (χ0v) is 15.4. The van der Waals surface area contributed by atoms with Gasteiger partial charge in [-0.3, -0.25) is 5.43 Å². The van der Waals surface area contributed by atoms with E-state index in [9.17, 15) is 0 Å². The average molecular weight is 357 g/mol. The van der Waals surface area contributed by atoms with E-state index in [4.69, 9.17) is 21.7 Å². The minimum absolute atomic E-state index is 0.279. The quantitative estimate of drug-likeness (QED) is 0.489. The standard InChI is InChI=1S/C19H23N3O2S/c1-12(2)15-6-4-13(3)16(9-15)21-22-19(25)20-10-14-5-7-17-18(8-14)24-11-23-17/h4-5,7-8,15H,1,6,9-11H2,2-3H3,(H2,20,22,25)/b21-16-/t15-/m1/s1. The summed E-state index contributed by atoms with van der Waals surface area (Å²) in [5, 5.41) is 8.13. The molecule has 0 radical (unpaired) electrons. The van der Waals surface area contributed by atoms with Crippen LogP contribution < -0.4 is 20.2 Å². The van der Waals surface area contributed by atoms with Gasteiger partial charge >= 0.3 is 0 Å². The molecule has 0 spiro atoms. The first-order valence-electron chi connectivity index (χ1n) is 8.34. The normalized spacial score (nSPS) is 20.2. The fourth-order valence-electron chi connectivity index (χ4n) is 2.81. The van der Waals surface area contributed by atoms with Crippen molar-refractivity contribution in [3.63, 3.8) is 0 Å². The molecule has 1 aromatic rings. The van der Waals surface area contributed by atoms with Gasteiger partial charge in [0, 0.05) is 6.54 Å². The summed E-state index contributed by atoms with van der Waals surface area (Å²) in [5.41, 5.74) is 7.44. The van der Waals surface area contributed by atoms with Crippen LogP contribution in [0.4, 0.5) is 0 Å². The lowest BCUT2D eigenvalue weighted by Gasteiger charge is -2.22. The van der Waals surface area contributed by atoms with Crippen LogP contribution >= 0.6 is 12.2 Å². The monoisotopic (exact) mass is 357 g/mol. The van der Waals surface area contributed by atoms with Crippen molar-refractivity contribution in [3.05, 3.63) is 47.6 Å². The predicted molar refractivity (Wildman–Crippen MR) is 104 cm³/mol. The molecular formula is C19H23N3O2S. The van der Waals surface area contributed by atoms with Gasteiger partial charge in [0.2, 0.25) is 6.79 Å². The first kappa shape index (κ1) is 17.5. The Morgan fingerprint density at radius 1 is 1.36 bits per heavy atom. The Labute approximate surface area is 153 Å². The maximum atomic E-state index is 5.38. The van der Waals surface area contributed by atoms with Gasteiger partial charge in [-0.1, -0.05) is 24.3 Å². The van der Waals surface area contributed by atoms with Crippen molar-refractivity contribution >= 4 is 23.0 Å². The summed E-state index contributed by atoms with van der Waals surface area (Å²) in [6, 6.07) is 5.85. The summed E-state index contributed by atoms with van der Waals surface area (Å²) in [5.74, 6) is 2.01. The van der Waals surface area contributed by atoms with E-state index in [0.29, 0.717) is 17.6 Å². The van der Waals surface area contributed by atoms with Crippen molar-refractivity contribution < 1.29 is 9.47 Å². The maximum Gasteiger partial charge on any atom is 0.231 e. The van der Waals surface area contributed by atoms with Gasteiger partial charge in [0.15, 0.2) is 16.6 Å². The van der Waals surface area contributed by atoms with E-state index in [1.165, 1.54) is 11.1 Å². The fraction of sp³-hybridized carbons (Fsp3) is 0.368. The number of ether oxygens (including phenoxy) is 2. The second kappa shape index (κ2) is 7.70. The summed E-state index contributed by atoms with van der Waals surface area (Å²) >= 11 is 5.32. The first-order valence-corrected chi connectivity index (χ1v) is 8.75. The van der Waals surface area contributed by atoms with Crippen LogP contribution in [0, 0.1) is 5.92 Å². The molecule has 0 aromatic heterocycles. The minimum atomic E-state index is 0.279. The summed E-state index contributed by atoms with van der Waals surface area (Å²) in [6.45, 7) is 9.09. The third-order valence-electron chi connectivity index (χ3n) is 4.48. The molecule has 6 heteroatoms. The third-order valence-corrected chi connectivity index (χ3v) is 4.72. The molecule has 1 atom stereocenters. The molecule has 1 aliphatic carbocycles. The molecule has 2 aliphatic rings. The van der Waals surface area contributed by atoms with Gasteiger partial charge in [0.25, 0.3) is 0 Å². The van der Waals surface area contributed by atoms with E-state index in [2.05, 4.69) is 42.3 Å². The molecule has 25 heavy (non-hydrogen) atoms. The zero-order valence-electron chi connectivity index (χ0n) is 14.6. The highest BCUT2D eigenvalue weighted by Crippen LogP contribution is 2.32. The number of thiocarbonyl (C=S) groups is 1. The largest absolute Gasteiger partial charge is 0.454 e. The lowest BCUT2D eigenvalue weighted by atomic mass is 9.85. The van der Waals surface area contributed by atoms with Gasteiger partial charge in [-0.15, -0.1) is 0 Å². The Bertz CT molecular complexity index is 755. The Kier molecular flexibility index (Phi) is 5.38. The molecule has 5 nitrogen and oxygen atoms in total. The van der Waals surface area contributed by atoms with E-state index in [0.717, 1.165) is 35.6 Å². The summed E-state index contributed by atoms with van der Waals surface area (Å²) < 4.78 is 10.7. The van der Waals surface area contributed by atoms with Gasteiger partial charge in [-0.05, 0) is 68.1 Å². The molecule has 1 heterocycles. The molecule has 2 N–H and O–H groups in total. The number of hydrogen-bond donors (Lipinski definition) is 2. The minimum Gasteiger partial charge on any atom is -0.454 e. The molecule has 0 saturated heterocycles. The number of allylic oxidation sites excluding steroid dienone is 3. The Hall–Kier alpha value is -2.34. The SMILES string of the molecule is C=C(C)[C@@H]1CC=C(C)/C(=N\NC(=S)NCc2ccc3c(c2)OCO3)C1. The molecule has 0 fully saturated rings. The van der Waals surface area contributed by atoms with Crippen molar-refractivity contribution in [1.29, 1.82) is 0 Å². The van der Waals surface area contributed by atoms with Gasteiger partial charge in [0.1, 0.15) is 0 Å². The molecular weight excluding hydrogens is 334 g/mol. The second-order valence-corrected chi connectivity index (χ2v) is 6.82. The molecule has 1 aromatic carbocycles. The molecule has 0 amide bonds. The van der Waals surface area contributed by atoms with Crippen molar-refractivity contribution in [2.45, 2.75) is 33.2 Å². The van der Waals surface area contributed by atoms with Crippen molar-refractivity contribution in [2.24, 2.45) is 11.0 Å². The Morgan fingerprint density at radius 2 is 2.16 bits per heavy atom. The summed E-state index contributed by atoms with van der Waals surface area (Å²) in [4.78, 5) is 0. The lowest BCUT2D eigenvalue weighted by molar-refractivity contribution is 0.174. The lowest BCUT2D eigenvalue weighted by Crippen LogP contribution is -2.32. The van der Waals surface area contributed by atoms with E-state index < -0.39 is 0 Å². The zero-order chi connectivity index (χ0) is 17.8. The van der Waals surface area contributed by atoms with Crippen LogP contribution in [0.1, 0.15) is 32.3 Å². The van der Waals surface area contributed by atoms with Gasteiger partial charge in [-0.2, -0.15) is 5.10 Å². The predicted octanol–water partition coefficient (Wildman–Crippen LogP) is 3.67. The van der Waals surface area contributed by atoms with Crippen LogP contribution in [0.15, 0.2) is 47.1 Å². The summed E-state index contributed by atoms with van der Waals surface area (Å²) in [6.07, 6.45) is 4.15. The Balaban J connectivity index is 1.53. The van der Waals surface area contributed by atoms with Crippen LogP contribution in [0.25, 0.3) is 0 Å². The van der Waals surface area contributed by atoms with Crippen LogP contribution in [0.2, 0.25) is 0 Å². The van der Waals surface area contributed by atoms with E-state index >= 15 is 0 Å². The van der Waals surface area contributed by atoms with Gasteiger partial charge < -0.3 is 14.8 Å². The molecule has 132 valence electrons. The number of hydrogen-bond acceptors (Lipinski definition) is 4. The Morgan fingerprint density at radius 3 is 2.96 bits per heavy atom. The molecule has 0 saturated carbocycles. The van der Waals surface area contributed by atoms with E-state index in [1.54, 1.807) is 0 Å². The molecule has 0 unspecified atom stereocenters. The number of hydrazone groups is 1. The number of benzene rings is 1. The highest BCUT2D eigenvalue weighted by molar-refractivity contribution is 7.80. The molecule has 1 aliphatic heterocycles. The second-order valence-electron chi connectivity index (χ2n) is 6.41. The number of fused-ring (bicyclic) bond motifs is 1. The first-order chi connectivity index (χ1) is 12.0. The third kappa shape index (κ3) is 4.39. The van der Waals surface area contributed by atoms with Crippen LogP contribution in [0.3, 0.4) is 0 Å². The average Bonchev–Trinajstić information content (AvgIpc) is 3.06. The highest BCUT2D eigenvalue weighted by Gasteiger charge is 2.18. The highest BCUT2D eigenvalue weighted by atomic mass is 32.1.